The normalized spacial score (nSPS) is 26.5. The lowest BCUT2D eigenvalue weighted by Crippen LogP contribution is -2.59. The molecule has 3 atom stereocenters. The summed E-state index contributed by atoms with van der Waals surface area (Å²) in [5.41, 5.74) is 6.37. The molecule has 3 aromatic rings. The number of carbonyl (C=O) groups excluding carboxylic acids is 1. The molecule has 0 radical (unpaired) electrons. The molecule has 1 amide bonds. The number of aromatic nitrogens is 1. The Morgan fingerprint density at radius 1 is 1.07 bits per heavy atom. The summed E-state index contributed by atoms with van der Waals surface area (Å²) in [6, 6.07) is 18.3. The highest BCUT2D eigenvalue weighted by Crippen LogP contribution is 2.35. The molecule has 0 bridgehead atoms. The Bertz CT molecular complexity index is 1520. The number of carbonyl (C=O) groups is 1. The molecule has 0 saturated carbocycles. The Balaban J connectivity index is 1.07. The van der Waals surface area contributed by atoms with E-state index in [0.717, 1.165) is 82.5 Å². The highest BCUT2D eigenvalue weighted by molar-refractivity contribution is 5.95. The molecule has 5 heterocycles. The van der Waals surface area contributed by atoms with Crippen molar-refractivity contribution in [3.8, 4) is 6.07 Å². The van der Waals surface area contributed by atoms with Crippen LogP contribution in [0.1, 0.15) is 43.4 Å². The Labute approximate surface area is 242 Å². The lowest BCUT2D eigenvalue weighted by molar-refractivity contribution is -0.137. The number of anilines is 2. The van der Waals surface area contributed by atoms with Crippen LogP contribution in [0.15, 0.2) is 48.7 Å². The van der Waals surface area contributed by atoms with Gasteiger partial charge in [-0.15, -0.1) is 0 Å². The summed E-state index contributed by atoms with van der Waals surface area (Å²) in [4.78, 5) is 27.4. The number of rotatable bonds is 3. The molecule has 2 aromatic carbocycles. The average Bonchev–Trinajstić information content (AvgIpc) is 3.46. The lowest BCUT2D eigenvalue weighted by Gasteiger charge is -2.49. The monoisotopic (exact) mass is 549 g/mol. The summed E-state index contributed by atoms with van der Waals surface area (Å²) in [5.74, 6) is 0.266. The topological polar surface area (TPSA) is 78.7 Å². The molecule has 4 aliphatic rings. The van der Waals surface area contributed by atoms with Crippen molar-refractivity contribution in [1.82, 2.24) is 20.1 Å². The van der Waals surface area contributed by atoms with Gasteiger partial charge in [-0.25, -0.2) is 0 Å². The zero-order valence-electron chi connectivity index (χ0n) is 24.1. The quantitative estimate of drug-likeness (QED) is 0.536. The Morgan fingerprint density at radius 2 is 1.93 bits per heavy atom. The Kier molecular flexibility index (Phi) is 6.60. The van der Waals surface area contributed by atoms with Crippen LogP contribution in [0, 0.1) is 11.3 Å². The first-order valence-corrected chi connectivity index (χ1v) is 15.1. The number of fused-ring (bicyclic) bond motifs is 3. The lowest BCUT2D eigenvalue weighted by atomic mass is 9.89. The maximum absolute atomic E-state index is 13.2. The maximum atomic E-state index is 13.2. The highest BCUT2D eigenvalue weighted by atomic mass is 16.2. The molecule has 3 saturated heterocycles. The third-order valence-electron chi connectivity index (χ3n) is 9.93. The van der Waals surface area contributed by atoms with Gasteiger partial charge in [0.15, 0.2) is 0 Å². The summed E-state index contributed by atoms with van der Waals surface area (Å²) >= 11 is 0. The molecule has 1 N–H and O–H groups in total. The van der Waals surface area contributed by atoms with Gasteiger partial charge in [0, 0.05) is 80.9 Å². The standard InChI is InChI=1S/C33H39N7O/c1-23-20-39(30-9-7-24(19-34)31-29(30)5-3-11-35-31)22-28-18-26-17-27(8-6-25(26)21-40(23)28)37-13-15-38(16-14-37)32(41)33(2)10-4-12-36-33/h3,5-9,11,17,23,28,36H,4,10,12-16,18,20-22H2,1-2H3/t23-,28+,33+/m1/s1. The average molecular weight is 550 g/mol. The fraction of sp³-hybridized carbons (Fsp3) is 0.485. The van der Waals surface area contributed by atoms with Gasteiger partial charge in [0.2, 0.25) is 5.91 Å². The Hall–Kier alpha value is -3.67. The number of hydrogen-bond acceptors (Lipinski definition) is 7. The number of hydrogen-bond donors (Lipinski definition) is 1. The molecule has 41 heavy (non-hydrogen) atoms. The van der Waals surface area contributed by atoms with Crippen LogP contribution in [0.4, 0.5) is 11.4 Å². The molecule has 4 aliphatic heterocycles. The number of nitriles is 1. The van der Waals surface area contributed by atoms with Crippen LogP contribution in [0.2, 0.25) is 0 Å². The highest BCUT2D eigenvalue weighted by Gasteiger charge is 2.40. The molecule has 3 fully saturated rings. The molecule has 0 spiro atoms. The second-order valence-electron chi connectivity index (χ2n) is 12.5. The van der Waals surface area contributed by atoms with Crippen LogP contribution >= 0.6 is 0 Å². The number of nitrogens with one attached hydrogen (secondary N) is 1. The predicted molar refractivity (Wildman–Crippen MR) is 162 cm³/mol. The van der Waals surface area contributed by atoms with E-state index < -0.39 is 0 Å². The van der Waals surface area contributed by atoms with Crippen LogP contribution in [0.3, 0.4) is 0 Å². The smallest absolute Gasteiger partial charge is 0.242 e. The van der Waals surface area contributed by atoms with Crippen molar-refractivity contribution in [2.75, 3.05) is 55.6 Å². The SMILES string of the molecule is C[C@@H]1CN(c2ccc(C#N)c3ncccc23)C[C@@H]2Cc3cc(N4CCN(C(=O)[C@]5(C)CCCN5)CC4)ccc3CN21. The van der Waals surface area contributed by atoms with E-state index in [2.05, 4.69) is 80.1 Å². The van der Waals surface area contributed by atoms with E-state index >= 15 is 0 Å². The molecule has 7 rings (SSSR count). The first-order chi connectivity index (χ1) is 19.9. The number of pyridine rings is 1. The van der Waals surface area contributed by atoms with Crippen LogP contribution in [0.5, 0.6) is 0 Å². The second-order valence-corrected chi connectivity index (χ2v) is 12.5. The Morgan fingerprint density at radius 3 is 2.71 bits per heavy atom. The largest absolute Gasteiger partial charge is 0.368 e. The van der Waals surface area contributed by atoms with Crippen LogP contribution in [-0.4, -0.2) is 84.1 Å². The van der Waals surface area contributed by atoms with Gasteiger partial charge in [-0.3, -0.25) is 14.7 Å². The molecular weight excluding hydrogens is 510 g/mol. The third-order valence-corrected chi connectivity index (χ3v) is 9.93. The summed E-state index contributed by atoms with van der Waals surface area (Å²) in [5, 5.41) is 14.1. The van der Waals surface area contributed by atoms with Crippen molar-refractivity contribution in [1.29, 1.82) is 5.26 Å². The molecule has 8 heteroatoms. The molecule has 0 aliphatic carbocycles. The van der Waals surface area contributed by atoms with Crippen molar-refractivity contribution >= 4 is 28.2 Å². The number of nitrogens with zero attached hydrogens (tertiary/aromatic N) is 6. The number of amides is 1. The summed E-state index contributed by atoms with van der Waals surface area (Å²) in [6.07, 6.45) is 4.81. The number of piperazine rings is 2. The summed E-state index contributed by atoms with van der Waals surface area (Å²) in [7, 11) is 0. The minimum absolute atomic E-state index is 0.266. The van der Waals surface area contributed by atoms with E-state index in [1.165, 1.54) is 22.5 Å². The van der Waals surface area contributed by atoms with E-state index in [1.807, 2.05) is 12.1 Å². The van der Waals surface area contributed by atoms with Crippen molar-refractivity contribution in [3.63, 3.8) is 0 Å². The van der Waals surface area contributed by atoms with E-state index in [0.29, 0.717) is 17.6 Å². The molecule has 8 nitrogen and oxygen atoms in total. The maximum Gasteiger partial charge on any atom is 0.242 e. The zero-order valence-corrected chi connectivity index (χ0v) is 24.1. The van der Waals surface area contributed by atoms with Gasteiger partial charge < -0.3 is 20.0 Å². The van der Waals surface area contributed by atoms with Crippen molar-refractivity contribution in [2.45, 2.75) is 57.3 Å². The first-order valence-electron chi connectivity index (χ1n) is 15.1. The van der Waals surface area contributed by atoms with E-state index in [4.69, 9.17) is 0 Å². The molecule has 212 valence electrons. The van der Waals surface area contributed by atoms with Gasteiger partial charge in [-0.1, -0.05) is 6.07 Å². The summed E-state index contributed by atoms with van der Waals surface area (Å²) in [6.45, 7) is 11.6. The van der Waals surface area contributed by atoms with Gasteiger partial charge in [-0.2, -0.15) is 5.26 Å². The minimum atomic E-state index is -0.383. The molecular formula is C33H39N7O. The second kappa shape index (κ2) is 10.3. The fourth-order valence-electron chi connectivity index (χ4n) is 7.60. The predicted octanol–water partition coefficient (Wildman–Crippen LogP) is 3.53. The third kappa shape index (κ3) is 4.61. The van der Waals surface area contributed by atoms with Gasteiger partial charge >= 0.3 is 0 Å². The van der Waals surface area contributed by atoms with E-state index in [9.17, 15) is 10.1 Å². The van der Waals surface area contributed by atoms with Crippen molar-refractivity contribution in [3.05, 3.63) is 65.4 Å². The summed E-state index contributed by atoms with van der Waals surface area (Å²) < 4.78 is 0. The van der Waals surface area contributed by atoms with Gasteiger partial charge in [0.05, 0.1) is 16.6 Å². The van der Waals surface area contributed by atoms with Crippen LogP contribution in [0.25, 0.3) is 10.9 Å². The van der Waals surface area contributed by atoms with Gasteiger partial charge in [-0.05, 0) is 87.2 Å². The van der Waals surface area contributed by atoms with E-state index in [-0.39, 0.29) is 11.4 Å². The molecule has 0 unspecified atom stereocenters. The minimum Gasteiger partial charge on any atom is -0.368 e. The fourth-order valence-corrected chi connectivity index (χ4v) is 7.60. The first kappa shape index (κ1) is 26.2. The zero-order chi connectivity index (χ0) is 28.1. The van der Waals surface area contributed by atoms with E-state index in [1.54, 1.807) is 6.20 Å². The molecule has 1 aromatic heterocycles. The number of benzene rings is 2. The van der Waals surface area contributed by atoms with Crippen molar-refractivity contribution < 1.29 is 4.79 Å². The van der Waals surface area contributed by atoms with Crippen LogP contribution < -0.4 is 15.1 Å². The van der Waals surface area contributed by atoms with Crippen LogP contribution in [-0.2, 0) is 17.8 Å². The van der Waals surface area contributed by atoms with Gasteiger partial charge in [0.1, 0.15) is 6.07 Å². The van der Waals surface area contributed by atoms with Crippen molar-refractivity contribution in [2.24, 2.45) is 0 Å². The van der Waals surface area contributed by atoms with Gasteiger partial charge in [0.25, 0.3) is 0 Å².